The highest BCUT2D eigenvalue weighted by atomic mass is 16.5. The molecule has 18 heavy (non-hydrogen) atoms. The zero-order chi connectivity index (χ0) is 13.2. The third kappa shape index (κ3) is 2.06. The maximum Gasteiger partial charge on any atom is 0.235 e. The highest BCUT2D eigenvalue weighted by molar-refractivity contribution is 5.45. The summed E-state index contributed by atoms with van der Waals surface area (Å²) in [5, 5.41) is 0. The van der Waals surface area contributed by atoms with Gasteiger partial charge in [-0.2, -0.15) is 4.99 Å². The summed E-state index contributed by atoms with van der Waals surface area (Å²) in [6.45, 7) is 4.28. The van der Waals surface area contributed by atoms with Crippen molar-refractivity contribution in [2.45, 2.75) is 44.6 Å². The zero-order valence-corrected chi connectivity index (χ0v) is 11.2. The molecule has 0 spiro atoms. The number of rotatable bonds is 4. The van der Waals surface area contributed by atoms with Crippen LogP contribution in [0.3, 0.4) is 0 Å². The largest absolute Gasteiger partial charge is 0.496 e. The van der Waals surface area contributed by atoms with E-state index in [0.717, 1.165) is 30.6 Å². The van der Waals surface area contributed by atoms with E-state index in [1.807, 2.05) is 6.07 Å². The van der Waals surface area contributed by atoms with E-state index in [4.69, 9.17) is 4.74 Å². The molecular weight excluding hydrogens is 226 g/mol. The smallest absolute Gasteiger partial charge is 0.235 e. The monoisotopic (exact) mass is 245 g/mol. The Balaban J connectivity index is 2.44. The topological polar surface area (TPSA) is 38.7 Å². The van der Waals surface area contributed by atoms with Crippen LogP contribution in [0.2, 0.25) is 0 Å². The van der Waals surface area contributed by atoms with Crippen LogP contribution in [0, 0.1) is 0 Å². The lowest BCUT2D eigenvalue weighted by atomic mass is 9.72. The van der Waals surface area contributed by atoms with E-state index in [1.54, 1.807) is 13.2 Å². The molecule has 3 nitrogen and oxygen atoms in total. The second-order valence-corrected chi connectivity index (χ2v) is 5.20. The highest BCUT2D eigenvalue weighted by Crippen LogP contribution is 2.46. The van der Waals surface area contributed by atoms with Crippen molar-refractivity contribution >= 4 is 6.08 Å². The van der Waals surface area contributed by atoms with Crippen molar-refractivity contribution in [3.8, 4) is 5.75 Å². The first-order valence-corrected chi connectivity index (χ1v) is 6.40. The minimum absolute atomic E-state index is 0.343. The van der Waals surface area contributed by atoms with Crippen LogP contribution < -0.4 is 4.74 Å². The molecule has 1 aromatic rings. The molecule has 0 atom stereocenters. The lowest BCUT2D eigenvalue weighted by Crippen LogP contribution is -2.31. The van der Waals surface area contributed by atoms with Crippen LogP contribution in [-0.2, 0) is 10.3 Å². The van der Waals surface area contributed by atoms with E-state index in [-0.39, 0.29) is 5.54 Å². The van der Waals surface area contributed by atoms with Crippen molar-refractivity contribution in [3.63, 3.8) is 0 Å². The van der Waals surface area contributed by atoms with Crippen LogP contribution in [0.1, 0.15) is 50.2 Å². The summed E-state index contributed by atoms with van der Waals surface area (Å²) >= 11 is 0. The number of ether oxygens (including phenoxy) is 1. The van der Waals surface area contributed by atoms with E-state index >= 15 is 0 Å². The molecule has 1 saturated carbocycles. The predicted molar refractivity (Wildman–Crippen MR) is 70.7 cm³/mol. The summed E-state index contributed by atoms with van der Waals surface area (Å²) in [5.41, 5.74) is 1.91. The van der Waals surface area contributed by atoms with Gasteiger partial charge >= 0.3 is 0 Å². The third-order valence-corrected chi connectivity index (χ3v) is 3.83. The Morgan fingerprint density at radius 1 is 1.39 bits per heavy atom. The molecule has 0 aliphatic heterocycles. The Kier molecular flexibility index (Phi) is 3.53. The van der Waals surface area contributed by atoms with Crippen LogP contribution in [0.15, 0.2) is 23.2 Å². The second-order valence-electron chi connectivity index (χ2n) is 5.20. The molecule has 1 aromatic carbocycles. The normalized spacial score (nSPS) is 16.9. The molecule has 0 radical (unpaired) electrons. The molecule has 1 fully saturated rings. The molecule has 96 valence electrons. The average molecular weight is 245 g/mol. The van der Waals surface area contributed by atoms with E-state index in [0.29, 0.717) is 5.92 Å². The fraction of sp³-hybridized carbons (Fsp3) is 0.533. The number of aliphatic imine (C=N–C) groups is 1. The van der Waals surface area contributed by atoms with Gasteiger partial charge in [0.25, 0.3) is 0 Å². The third-order valence-electron chi connectivity index (χ3n) is 3.83. The highest BCUT2D eigenvalue weighted by Gasteiger charge is 2.39. The quantitative estimate of drug-likeness (QED) is 0.601. The molecular formula is C15H19NO2. The van der Waals surface area contributed by atoms with Gasteiger partial charge in [-0.15, -0.1) is 0 Å². The summed E-state index contributed by atoms with van der Waals surface area (Å²) < 4.78 is 5.45. The van der Waals surface area contributed by atoms with Gasteiger partial charge in [0.05, 0.1) is 12.6 Å². The Morgan fingerprint density at radius 2 is 2.11 bits per heavy atom. The minimum Gasteiger partial charge on any atom is -0.496 e. The summed E-state index contributed by atoms with van der Waals surface area (Å²) in [6, 6.07) is 6.17. The van der Waals surface area contributed by atoms with Gasteiger partial charge in [0, 0.05) is 0 Å². The van der Waals surface area contributed by atoms with Crippen LogP contribution in [-0.4, -0.2) is 13.2 Å². The lowest BCUT2D eigenvalue weighted by molar-refractivity contribution is 0.255. The summed E-state index contributed by atoms with van der Waals surface area (Å²) in [5.74, 6) is 1.30. The molecule has 0 saturated heterocycles. The lowest BCUT2D eigenvalue weighted by Gasteiger charge is -2.37. The molecule has 3 heteroatoms. The van der Waals surface area contributed by atoms with Gasteiger partial charge in [-0.25, -0.2) is 4.79 Å². The van der Waals surface area contributed by atoms with E-state index in [1.165, 1.54) is 5.56 Å². The second kappa shape index (κ2) is 4.95. The van der Waals surface area contributed by atoms with Gasteiger partial charge in [0.2, 0.25) is 6.08 Å². The number of benzene rings is 1. The van der Waals surface area contributed by atoms with Gasteiger partial charge in [-0.1, -0.05) is 26.0 Å². The van der Waals surface area contributed by atoms with Crippen LogP contribution in [0.25, 0.3) is 0 Å². The van der Waals surface area contributed by atoms with Crippen molar-refractivity contribution < 1.29 is 9.53 Å². The van der Waals surface area contributed by atoms with Crippen molar-refractivity contribution in [2.75, 3.05) is 7.11 Å². The number of isocyanates is 1. The predicted octanol–water partition coefficient (Wildman–Crippen LogP) is 3.53. The zero-order valence-electron chi connectivity index (χ0n) is 11.2. The fourth-order valence-electron chi connectivity index (χ4n) is 2.54. The molecule has 2 rings (SSSR count). The van der Waals surface area contributed by atoms with Gasteiger partial charge in [-0.3, -0.25) is 0 Å². The van der Waals surface area contributed by atoms with Crippen LogP contribution >= 0.6 is 0 Å². The van der Waals surface area contributed by atoms with Gasteiger partial charge in [0.15, 0.2) is 0 Å². The molecule has 1 aliphatic rings. The molecule has 0 unspecified atom stereocenters. The Labute approximate surface area is 108 Å². The van der Waals surface area contributed by atoms with E-state index < -0.39 is 0 Å². The number of methoxy groups -OCH3 is 1. The average Bonchev–Trinajstić information content (AvgIpc) is 2.32. The summed E-state index contributed by atoms with van der Waals surface area (Å²) in [6.07, 6.45) is 4.67. The molecule has 1 aliphatic carbocycles. The molecule has 0 N–H and O–H groups in total. The van der Waals surface area contributed by atoms with E-state index in [2.05, 4.69) is 31.0 Å². The van der Waals surface area contributed by atoms with Gasteiger partial charge in [-0.05, 0) is 42.4 Å². The number of hydrogen-bond donors (Lipinski definition) is 0. The number of hydrogen-bond acceptors (Lipinski definition) is 3. The standard InChI is InChI=1S/C15H19NO2/c1-11(2)13-6-5-12(9-14(13)18-3)15(16-10-17)7-4-8-15/h5-6,9,11H,4,7-8H2,1-3H3. The molecule has 0 heterocycles. The maximum absolute atomic E-state index is 10.6. The number of nitrogens with zero attached hydrogens (tertiary/aromatic N) is 1. The van der Waals surface area contributed by atoms with Crippen molar-refractivity contribution in [1.29, 1.82) is 0 Å². The Hall–Kier alpha value is -1.60. The van der Waals surface area contributed by atoms with E-state index in [9.17, 15) is 4.79 Å². The van der Waals surface area contributed by atoms with Crippen LogP contribution in [0.5, 0.6) is 5.75 Å². The first-order valence-electron chi connectivity index (χ1n) is 6.40. The fourth-order valence-corrected chi connectivity index (χ4v) is 2.54. The SMILES string of the molecule is COc1cc(C2(N=C=O)CCC2)ccc1C(C)C. The summed E-state index contributed by atoms with van der Waals surface area (Å²) in [7, 11) is 1.68. The maximum atomic E-state index is 10.6. The molecule has 0 amide bonds. The Bertz CT molecular complexity index is 483. The van der Waals surface area contributed by atoms with Gasteiger partial charge < -0.3 is 4.74 Å². The number of carbonyl (C=O) groups excluding carboxylic acids is 1. The first-order chi connectivity index (χ1) is 8.63. The summed E-state index contributed by atoms with van der Waals surface area (Å²) in [4.78, 5) is 14.6. The Morgan fingerprint density at radius 3 is 2.56 bits per heavy atom. The van der Waals surface area contributed by atoms with Crippen molar-refractivity contribution in [1.82, 2.24) is 0 Å². The first kappa shape index (κ1) is 12.8. The van der Waals surface area contributed by atoms with Gasteiger partial charge in [0.1, 0.15) is 5.75 Å². The molecule has 0 bridgehead atoms. The van der Waals surface area contributed by atoms with Crippen LogP contribution in [0.4, 0.5) is 0 Å². The minimum atomic E-state index is -0.343. The molecule has 0 aromatic heterocycles. The van der Waals surface area contributed by atoms with Crippen molar-refractivity contribution in [3.05, 3.63) is 29.3 Å². The van der Waals surface area contributed by atoms with Crippen molar-refractivity contribution in [2.24, 2.45) is 4.99 Å².